The molecule has 90 valence electrons. The Labute approximate surface area is 108 Å². The molecule has 0 saturated heterocycles. The Bertz CT molecular complexity index is 603. The maximum atomic E-state index is 6.16. The first-order chi connectivity index (χ1) is 8.75. The molecule has 1 aliphatic carbocycles. The predicted molar refractivity (Wildman–Crippen MR) is 77.3 cm³/mol. The third kappa shape index (κ3) is 2.04. The van der Waals surface area contributed by atoms with E-state index in [1.807, 2.05) is 6.07 Å². The second-order valence-corrected chi connectivity index (χ2v) is 4.94. The van der Waals surface area contributed by atoms with Crippen molar-refractivity contribution in [1.82, 2.24) is 0 Å². The van der Waals surface area contributed by atoms with Crippen LogP contribution in [0.1, 0.15) is 29.5 Å². The molecule has 2 N–H and O–H groups in total. The lowest BCUT2D eigenvalue weighted by atomic mass is 9.94. The van der Waals surface area contributed by atoms with Gasteiger partial charge in [0.05, 0.1) is 0 Å². The minimum Gasteiger partial charge on any atom is -0.398 e. The number of allylic oxidation sites excluding steroid dienone is 1. The third-order valence-corrected chi connectivity index (χ3v) is 3.39. The van der Waals surface area contributed by atoms with Crippen molar-refractivity contribution < 1.29 is 0 Å². The summed E-state index contributed by atoms with van der Waals surface area (Å²) in [5, 5.41) is 0. The van der Waals surface area contributed by atoms with Crippen molar-refractivity contribution in [2.75, 3.05) is 5.73 Å². The Hall–Kier alpha value is -2.02. The van der Waals surface area contributed by atoms with Crippen LogP contribution in [0, 0.1) is 6.92 Å². The normalized spacial score (nSPS) is 13.5. The first-order valence-corrected chi connectivity index (χ1v) is 6.39. The van der Waals surface area contributed by atoms with Gasteiger partial charge in [-0.25, -0.2) is 0 Å². The molecule has 0 heterocycles. The van der Waals surface area contributed by atoms with Gasteiger partial charge < -0.3 is 5.73 Å². The SMILES string of the molecule is Cc1ccc(N)c(C(=C2CC2)c2ccccc2)c1. The van der Waals surface area contributed by atoms with Crippen molar-refractivity contribution in [2.24, 2.45) is 0 Å². The lowest BCUT2D eigenvalue weighted by molar-refractivity contribution is 1.43. The van der Waals surface area contributed by atoms with E-state index in [4.69, 9.17) is 5.73 Å². The van der Waals surface area contributed by atoms with Gasteiger partial charge in [0, 0.05) is 11.3 Å². The van der Waals surface area contributed by atoms with Gasteiger partial charge in [0.25, 0.3) is 0 Å². The smallest absolute Gasteiger partial charge is 0.0394 e. The van der Waals surface area contributed by atoms with Crippen molar-refractivity contribution in [1.29, 1.82) is 0 Å². The molecule has 1 fully saturated rings. The van der Waals surface area contributed by atoms with Crippen molar-refractivity contribution >= 4 is 11.3 Å². The molecular formula is C17H17N. The van der Waals surface area contributed by atoms with Gasteiger partial charge in [-0.1, -0.05) is 47.5 Å². The summed E-state index contributed by atoms with van der Waals surface area (Å²) in [4.78, 5) is 0. The van der Waals surface area contributed by atoms with Gasteiger partial charge in [0.1, 0.15) is 0 Å². The van der Waals surface area contributed by atoms with Crippen LogP contribution in [0.2, 0.25) is 0 Å². The highest BCUT2D eigenvalue weighted by Crippen LogP contribution is 2.41. The van der Waals surface area contributed by atoms with Gasteiger partial charge >= 0.3 is 0 Å². The van der Waals surface area contributed by atoms with Crippen molar-refractivity contribution in [3.63, 3.8) is 0 Å². The minimum absolute atomic E-state index is 0.874. The zero-order valence-electron chi connectivity index (χ0n) is 10.6. The Morgan fingerprint density at radius 3 is 2.39 bits per heavy atom. The van der Waals surface area contributed by atoms with E-state index in [0.29, 0.717) is 0 Å². The second kappa shape index (κ2) is 4.34. The molecule has 1 aliphatic rings. The number of rotatable bonds is 2. The lowest BCUT2D eigenvalue weighted by Gasteiger charge is -2.12. The van der Waals surface area contributed by atoms with Crippen LogP contribution in [-0.4, -0.2) is 0 Å². The molecule has 0 unspecified atom stereocenters. The van der Waals surface area contributed by atoms with E-state index in [-0.39, 0.29) is 0 Å². The van der Waals surface area contributed by atoms with E-state index in [0.717, 1.165) is 5.69 Å². The first-order valence-electron chi connectivity index (χ1n) is 6.39. The highest BCUT2D eigenvalue weighted by molar-refractivity contribution is 5.89. The van der Waals surface area contributed by atoms with E-state index < -0.39 is 0 Å². The van der Waals surface area contributed by atoms with Gasteiger partial charge in [-0.2, -0.15) is 0 Å². The standard InChI is InChI=1S/C17H17N/c1-12-7-10-16(18)15(11-12)17(14-8-9-14)13-5-3-2-4-6-13/h2-7,10-11H,8-9,18H2,1H3. The lowest BCUT2D eigenvalue weighted by Crippen LogP contribution is -1.96. The number of aryl methyl sites for hydroxylation is 1. The second-order valence-electron chi connectivity index (χ2n) is 4.94. The molecule has 3 rings (SSSR count). The fourth-order valence-corrected chi connectivity index (χ4v) is 2.35. The molecular weight excluding hydrogens is 218 g/mol. The van der Waals surface area contributed by atoms with Crippen LogP contribution >= 0.6 is 0 Å². The zero-order valence-corrected chi connectivity index (χ0v) is 10.6. The maximum absolute atomic E-state index is 6.16. The van der Waals surface area contributed by atoms with Crippen molar-refractivity contribution in [3.8, 4) is 0 Å². The number of benzene rings is 2. The minimum atomic E-state index is 0.874. The highest BCUT2D eigenvalue weighted by atomic mass is 14.6. The van der Waals surface area contributed by atoms with Gasteiger partial charge in [-0.3, -0.25) is 0 Å². The molecule has 0 spiro atoms. The van der Waals surface area contributed by atoms with Crippen molar-refractivity contribution in [2.45, 2.75) is 19.8 Å². The average Bonchev–Trinajstić information content (AvgIpc) is 3.20. The Morgan fingerprint density at radius 2 is 1.72 bits per heavy atom. The number of anilines is 1. The summed E-state index contributed by atoms with van der Waals surface area (Å²) < 4.78 is 0. The fraction of sp³-hybridized carbons (Fsp3) is 0.176. The van der Waals surface area contributed by atoms with Gasteiger partial charge in [0.2, 0.25) is 0 Å². The molecule has 2 aromatic rings. The van der Waals surface area contributed by atoms with Crippen LogP contribution in [0.5, 0.6) is 0 Å². The van der Waals surface area contributed by atoms with Crippen molar-refractivity contribution in [3.05, 3.63) is 70.8 Å². The zero-order chi connectivity index (χ0) is 12.5. The molecule has 1 heteroatoms. The Morgan fingerprint density at radius 1 is 1.00 bits per heavy atom. The highest BCUT2D eigenvalue weighted by Gasteiger charge is 2.21. The number of hydrogen-bond acceptors (Lipinski definition) is 1. The largest absolute Gasteiger partial charge is 0.398 e. The van der Waals surface area contributed by atoms with E-state index >= 15 is 0 Å². The summed E-state index contributed by atoms with van der Waals surface area (Å²) in [6, 6.07) is 16.8. The molecule has 0 aromatic heterocycles. The van der Waals surface area contributed by atoms with E-state index in [9.17, 15) is 0 Å². The fourth-order valence-electron chi connectivity index (χ4n) is 2.35. The van der Waals surface area contributed by atoms with Crippen LogP contribution < -0.4 is 5.73 Å². The third-order valence-electron chi connectivity index (χ3n) is 3.39. The van der Waals surface area contributed by atoms with Gasteiger partial charge in [0.15, 0.2) is 0 Å². The maximum Gasteiger partial charge on any atom is 0.0394 e. The summed E-state index contributed by atoms with van der Waals surface area (Å²) in [7, 11) is 0. The molecule has 0 atom stereocenters. The molecule has 1 nitrogen and oxygen atoms in total. The predicted octanol–water partition coefficient (Wildman–Crippen LogP) is 4.17. The van der Waals surface area contributed by atoms with Crippen LogP contribution in [0.4, 0.5) is 5.69 Å². The summed E-state index contributed by atoms with van der Waals surface area (Å²) in [6.45, 7) is 2.11. The van der Waals surface area contributed by atoms with Gasteiger partial charge in [-0.15, -0.1) is 0 Å². The van der Waals surface area contributed by atoms with Gasteiger partial charge in [-0.05, 0) is 43.0 Å². The number of nitrogens with two attached hydrogens (primary N) is 1. The molecule has 0 radical (unpaired) electrons. The van der Waals surface area contributed by atoms with E-state index in [2.05, 4.69) is 49.4 Å². The summed E-state index contributed by atoms with van der Waals surface area (Å²) in [5.41, 5.74) is 13.6. The Balaban J connectivity index is 2.18. The number of nitrogen functional groups attached to an aromatic ring is 1. The molecule has 2 aromatic carbocycles. The molecule has 18 heavy (non-hydrogen) atoms. The van der Waals surface area contributed by atoms with Crippen LogP contribution in [0.25, 0.3) is 5.57 Å². The monoisotopic (exact) mass is 235 g/mol. The molecule has 0 aliphatic heterocycles. The summed E-state index contributed by atoms with van der Waals surface area (Å²) in [6.07, 6.45) is 2.41. The van der Waals surface area contributed by atoms with Crippen LogP contribution in [0.3, 0.4) is 0 Å². The number of hydrogen-bond donors (Lipinski definition) is 1. The molecule has 0 amide bonds. The molecule has 1 saturated carbocycles. The topological polar surface area (TPSA) is 26.0 Å². The van der Waals surface area contributed by atoms with Crippen LogP contribution in [-0.2, 0) is 0 Å². The van der Waals surface area contributed by atoms with Crippen LogP contribution in [0.15, 0.2) is 54.1 Å². The Kier molecular flexibility index (Phi) is 2.67. The average molecular weight is 235 g/mol. The quantitative estimate of drug-likeness (QED) is 0.777. The summed E-state index contributed by atoms with van der Waals surface area (Å²) in [5.74, 6) is 0. The first kappa shape index (κ1) is 11.1. The molecule has 0 bridgehead atoms. The van der Waals surface area contributed by atoms with E-state index in [1.165, 1.54) is 40.7 Å². The summed E-state index contributed by atoms with van der Waals surface area (Å²) >= 11 is 0. The van der Waals surface area contributed by atoms with E-state index in [1.54, 1.807) is 0 Å².